The molecule has 29 heavy (non-hydrogen) atoms. The number of benzene rings is 1. The number of amides is 1. The third-order valence-electron chi connectivity index (χ3n) is 4.70. The van der Waals surface area contributed by atoms with E-state index in [1.165, 1.54) is 22.3 Å². The van der Waals surface area contributed by atoms with Crippen molar-refractivity contribution in [2.45, 2.75) is 5.03 Å². The summed E-state index contributed by atoms with van der Waals surface area (Å²) in [6.45, 7) is 1.51. The van der Waals surface area contributed by atoms with Crippen molar-refractivity contribution in [1.29, 1.82) is 0 Å². The monoisotopic (exact) mass is 448 g/mol. The molecule has 1 aliphatic heterocycles. The van der Waals surface area contributed by atoms with Crippen LogP contribution in [0.3, 0.4) is 0 Å². The van der Waals surface area contributed by atoms with Crippen molar-refractivity contribution in [1.82, 2.24) is 19.2 Å². The van der Waals surface area contributed by atoms with Gasteiger partial charge in [0.15, 0.2) is 5.82 Å². The average molecular weight is 449 g/mol. The van der Waals surface area contributed by atoms with Gasteiger partial charge in [-0.05, 0) is 17.5 Å². The molecule has 3 heterocycles. The highest BCUT2D eigenvalue weighted by atomic mass is 32.2. The number of aromatic nitrogens is 2. The summed E-state index contributed by atoms with van der Waals surface area (Å²) >= 11 is 2.98. The van der Waals surface area contributed by atoms with Gasteiger partial charge in [0.05, 0.1) is 22.4 Å². The van der Waals surface area contributed by atoms with E-state index in [1.807, 2.05) is 41.8 Å². The Balaban J connectivity index is 1.49. The maximum Gasteiger partial charge on any atom is 0.233 e. The molecule has 1 saturated heterocycles. The zero-order valence-electron chi connectivity index (χ0n) is 15.8. The van der Waals surface area contributed by atoms with Gasteiger partial charge in [-0.1, -0.05) is 36.0 Å². The lowest BCUT2D eigenvalue weighted by Crippen LogP contribution is -2.50. The Labute approximate surface area is 177 Å². The number of hydrogen-bond acceptors (Lipinski definition) is 7. The van der Waals surface area contributed by atoms with Crippen LogP contribution in [-0.4, -0.2) is 71.7 Å². The summed E-state index contributed by atoms with van der Waals surface area (Å²) in [6, 6.07) is 11.7. The third kappa shape index (κ3) is 4.61. The highest BCUT2D eigenvalue weighted by Crippen LogP contribution is 2.30. The summed E-state index contributed by atoms with van der Waals surface area (Å²) in [5, 5.41) is 3.69. The molecule has 1 aromatic carbocycles. The first-order valence-electron chi connectivity index (χ1n) is 9.08. The lowest BCUT2D eigenvalue weighted by atomic mass is 10.2. The fraction of sp³-hybridized carbons (Fsp3) is 0.316. The number of para-hydroxylation sites is 1. The van der Waals surface area contributed by atoms with Gasteiger partial charge in [-0.2, -0.15) is 4.31 Å². The Morgan fingerprint density at radius 2 is 1.86 bits per heavy atom. The molecule has 0 spiro atoms. The molecule has 1 fully saturated rings. The molecule has 7 nitrogen and oxygen atoms in total. The minimum atomic E-state index is -3.21. The van der Waals surface area contributed by atoms with Crippen LogP contribution in [0.1, 0.15) is 0 Å². The van der Waals surface area contributed by atoms with Crippen LogP contribution in [0.4, 0.5) is 0 Å². The summed E-state index contributed by atoms with van der Waals surface area (Å²) in [5.41, 5.74) is 0.850. The zero-order chi connectivity index (χ0) is 20.4. The van der Waals surface area contributed by atoms with E-state index >= 15 is 0 Å². The first kappa shape index (κ1) is 20.3. The number of carbonyl (C=O) groups excluding carboxylic acids is 1. The van der Waals surface area contributed by atoms with E-state index in [1.54, 1.807) is 16.2 Å². The molecule has 4 rings (SSSR count). The van der Waals surface area contributed by atoms with Gasteiger partial charge in [0.2, 0.25) is 15.9 Å². The third-order valence-corrected chi connectivity index (χ3v) is 7.85. The summed E-state index contributed by atoms with van der Waals surface area (Å²) in [6.07, 6.45) is 1.20. The van der Waals surface area contributed by atoms with Crippen LogP contribution in [-0.2, 0) is 14.8 Å². The number of nitrogens with zero attached hydrogens (tertiary/aromatic N) is 4. The molecule has 3 aromatic rings. The first-order valence-corrected chi connectivity index (χ1v) is 12.8. The number of carbonyl (C=O) groups is 1. The van der Waals surface area contributed by atoms with E-state index in [0.717, 1.165) is 20.8 Å². The molecular weight excluding hydrogens is 428 g/mol. The van der Waals surface area contributed by atoms with E-state index in [0.29, 0.717) is 32.0 Å². The topological polar surface area (TPSA) is 83.5 Å². The standard InChI is InChI=1S/C19H20N4O3S3/c1-29(25,26)23-10-8-22(9-11-23)17(24)13-28-19-14-5-2-3-6-15(14)20-18(21-19)16-7-4-12-27-16/h2-7,12H,8-11,13H2,1H3. The SMILES string of the molecule is CS(=O)(=O)N1CCN(C(=O)CSc2nc(-c3cccs3)nc3ccccc23)CC1. The van der Waals surface area contributed by atoms with Gasteiger partial charge in [-0.25, -0.2) is 18.4 Å². The quantitative estimate of drug-likeness (QED) is 0.441. The van der Waals surface area contributed by atoms with Crippen molar-refractivity contribution in [3.05, 3.63) is 41.8 Å². The van der Waals surface area contributed by atoms with E-state index in [4.69, 9.17) is 4.98 Å². The molecule has 1 aliphatic rings. The molecule has 2 aromatic heterocycles. The fourth-order valence-electron chi connectivity index (χ4n) is 3.16. The lowest BCUT2D eigenvalue weighted by molar-refractivity contribution is -0.129. The van der Waals surface area contributed by atoms with Crippen LogP contribution < -0.4 is 0 Å². The van der Waals surface area contributed by atoms with Crippen molar-refractivity contribution in [2.24, 2.45) is 0 Å². The predicted octanol–water partition coefficient (Wildman–Crippen LogP) is 2.55. The lowest BCUT2D eigenvalue weighted by Gasteiger charge is -2.33. The molecule has 1 amide bonds. The summed E-state index contributed by atoms with van der Waals surface area (Å²) in [7, 11) is -3.21. The van der Waals surface area contributed by atoms with Crippen molar-refractivity contribution >= 4 is 49.9 Å². The second kappa shape index (κ2) is 8.39. The average Bonchev–Trinajstić information content (AvgIpc) is 3.26. The van der Waals surface area contributed by atoms with Crippen LogP contribution in [0.2, 0.25) is 0 Å². The summed E-state index contributed by atoms with van der Waals surface area (Å²) < 4.78 is 24.7. The van der Waals surface area contributed by atoms with Crippen molar-refractivity contribution in [2.75, 3.05) is 38.2 Å². The second-order valence-corrected chi connectivity index (χ2v) is 10.6. The normalized spacial score (nSPS) is 15.7. The molecular formula is C19H20N4O3S3. The van der Waals surface area contributed by atoms with Gasteiger partial charge >= 0.3 is 0 Å². The van der Waals surface area contributed by atoms with Gasteiger partial charge in [-0.3, -0.25) is 4.79 Å². The molecule has 0 N–H and O–H groups in total. The maximum atomic E-state index is 12.7. The highest BCUT2D eigenvalue weighted by Gasteiger charge is 2.26. The van der Waals surface area contributed by atoms with Gasteiger partial charge in [-0.15, -0.1) is 11.3 Å². The number of piperazine rings is 1. The number of hydrogen-bond donors (Lipinski definition) is 0. The Morgan fingerprint density at radius 3 is 2.55 bits per heavy atom. The Kier molecular flexibility index (Phi) is 5.86. The molecule has 152 valence electrons. The van der Waals surface area contributed by atoms with Crippen LogP contribution in [0.15, 0.2) is 46.8 Å². The molecule has 0 radical (unpaired) electrons. The smallest absolute Gasteiger partial charge is 0.233 e. The number of thiophene rings is 1. The van der Waals surface area contributed by atoms with Crippen LogP contribution in [0, 0.1) is 0 Å². The van der Waals surface area contributed by atoms with Crippen molar-refractivity contribution < 1.29 is 13.2 Å². The molecule has 0 bridgehead atoms. The van der Waals surface area contributed by atoms with Crippen LogP contribution >= 0.6 is 23.1 Å². The van der Waals surface area contributed by atoms with Crippen molar-refractivity contribution in [3.63, 3.8) is 0 Å². The van der Waals surface area contributed by atoms with Gasteiger partial charge in [0, 0.05) is 31.6 Å². The second-order valence-electron chi connectivity index (χ2n) is 6.68. The maximum absolute atomic E-state index is 12.7. The number of sulfonamides is 1. The Morgan fingerprint density at radius 1 is 1.10 bits per heavy atom. The summed E-state index contributed by atoms with van der Waals surface area (Å²) in [4.78, 5) is 24.7. The van der Waals surface area contributed by atoms with Gasteiger partial charge in [0.1, 0.15) is 5.03 Å². The first-order chi connectivity index (χ1) is 13.9. The number of rotatable bonds is 5. The Bertz CT molecular complexity index is 1120. The minimum Gasteiger partial charge on any atom is -0.339 e. The molecule has 0 saturated carbocycles. The van der Waals surface area contributed by atoms with E-state index in [9.17, 15) is 13.2 Å². The number of fused-ring (bicyclic) bond motifs is 1. The largest absolute Gasteiger partial charge is 0.339 e. The fourth-order valence-corrected chi connectivity index (χ4v) is 5.57. The van der Waals surface area contributed by atoms with Crippen LogP contribution in [0.5, 0.6) is 0 Å². The van der Waals surface area contributed by atoms with Gasteiger partial charge in [0.25, 0.3) is 0 Å². The predicted molar refractivity (Wildman–Crippen MR) is 117 cm³/mol. The van der Waals surface area contributed by atoms with E-state index in [-0.39, 0.29) is 11.7 Å². The molecule has 0 unspecified atom stereocenters. The van der Waals surface area contributed by atoms with E-state index in [2.05, 4.69) is 4.98 Å². The Hall–Kier alpha value is -2.01. The minimum absolute atomic E-state index is 0.0106. The molecule has 0 aliphatic carbocycles. The van der Waals surface area contributed by atoms with Crippen molar-refractivity contribution in [3.8, 4) is 10.7 Å². The van der Waals surface area contributed by atoms with Gasteiger partial charge < -0.3 is 4.90 Å². The van der Waals surface area contributed by atoms with E-state index < -0.39 is 10.0 Å². The molecule has 0 atom stereocenters. The van der Waals surface area contributed by atoms with Crippen LogP contribution in [0.25, 0.3) is 21.6 Å². The highest BCUT2D eigenvalue weighted by molar-refractivity contribution is 8.00. The zero-order valence-corrected chi connectivity index (χ0v) is 18.3. The molecule has 10 heteroatoms. The number of thioether (sulfide) groups is 1. The summed E-state index contributed by atoms with van der Waals surface area (Å²) in [5.74, 6) is 0.906.